The molecule has 0 aliphatic carbocycles. The zero-order chi connectivity index (χ0) is 45.1. The van der Waals surface area contributed by atoms with E-state index in [1.807, 2.05) is 78.4 Å². The van der Waals surface area contributed by atoms with Crippen LogP contribution < -0.4 is 49.6 Å². The number of methoxy groups -OCH3 is 1. The molecule has 1 fully saturated rings. The van der Waals surface area contributed by atoms with Gasteiger partial charge < -0.3 is 54.7 Å². The third kappa shape index (κ3) is 8.82. The molecule has 1 saturated heterocycles. The Morgan fingerprint density at radius 2 is 1.56 bits per heavy atom. The number of ether oxygens (including phenoxy) is 2. The number of aromatic nitrogens is 4. The van der Waals surface area contributed by atoms with Crippen LogP contribution in [0.3, 0.4) is 0 Å². The van der Waals surface area contributed by atoms with Gasteiger partial charge in [-0.25, -0.2) is 14.3 Å². The fraction of sp³-hybridized carbons (Fsp3) is 0.188. The number of nitrogens with one attached hydrogen (secondary N) is 2. The molecule has 15 nitrogen and oxygen atoms in total. The molecule has 336 valence electrons. The van der Waals surface area contributed by atoms with Crippen molar-refractivity contribution in [1.82, 2.24) is 24.8 Å². The van der Waals surface area contributed by atoms with Gasteiger partial charge in [0, 0.05) is 22.8 Å². The number of fused-ring (bicyclic) bond motifs is 2. The first kappa shape index (κ1) is 45.8. The first-order valence-electron chi connectivity index (χ1n) is 20.6. The Hall–Kier alpha value is -6.77. The molecule has 66 heavy (non-hydrogen) atoms. The van der Waals surface area contributed by atoms with Gasteiger partial charge in [0.2, 0.25) is 5.82 Å². The number of oxime groups is 1. The molecule has 2 aliphatic rings. The van der Waals surface area contributed by atoms with Crippen LogP contribution in [0.5, 0.6) is 5.75 Å². The van der Waals surface area contributed by atoms with Crippen molar-refractivity contribution in [3.05, 3.63) is 184 Å². The second-order valence-electron chi connectivity index (χ2n) is 15.3. The molecule has 2 aliphatic heterocycles. The summed E-state index contributed by atoms with van der Waals surface area (Å²) in [5.41, 5.74) is 11.4. The second-order valence-corrected chi connectivity index (χ2v) is 17.3. The lowest BCUT2D eigenvalue weighted by molar-refractivity contribution is -0.666. The Balaban J connectivity index is 0.00000592. The fourth-order valence-electron chi connectivity index (χ4n) is 8.15. The third-order valence-corrected chi connectivity index (χ3v) is 13.4. The van der Waals surface area contributed by atoms with Crippen LogP contribution in [0.1, 0.15) is 33.6 Å². The van der Waals surface area contributed by atoms with E-state index in [0.717, 1.165) is 27.9 Å². The molecular formula is C48H44IN9O6S2. The smallest absolute Gasteiger partial charge is 0.355 e. The number of halogens is 1. The maximum atomic E-state index is 14.2. The van der Waals surface area contributed by atoms with Crippen molar-refractivity contribution in [3.63, 3.8) is 0 Å². The van der Waals surface area contributed by atoms with Gasteiger partial charge in [-0.1, -0.05) is 118 Å². The van der Waals surface area contributed by atoms with Crippen molar-refractivity contribution in [2.45, 2.75) is 37.0 Å². The molecule has 4 aromatic carbocycles. The summed E-state index contributed by atoms with van der Waals surface area (Å²) in [6, 6.07) is 40.1. The summed E-state index contributed by atoms with van der Waals surface area (Å²) in [7, 11) is 2.91. The van der Waals surface area contributed by atoms with E-state index in [0.29, 0.717) is 33.7 Å². The minimum atomic E-state index is -0.994. The second kappa shape index (κ2) is 19.8. The van der Waals surface area contributed by atoms with E-state index in [1.54, 1.807) is 47.3 Å². The number of benzene rings is 4. The molecule has 5 heterocycles. The van der Waals surface area contributed by atoms with Gasteiger partial charge >= 0.3 is 11.6 Å². The third-order valence-electron chi connectivity index (χ3n) is 11.3. The quantitative estimate of drug-likeness (QED) is 0.0262. The van der Waals surface area contributed by atoms with Crippen LogP contribution in [0.2, 0.25) is 0 Å². The highest BCUT2D eigenvalue weighted by molar-refractivity contribution is 8.00. The van der Waals surface area contributed by atoms with Crippen molar-refractivity contribution in [2.75, 3.05) is 31.0 Å². The first-order valence-corrected chi connectivity index (χ1v) is 22.5. The highest BCUT2D eigenvalue weighted by atomic mass is 127. The number of carbonyl (C=O) groups excluding carboxylic acids is 3. The highest BCUT2D eigenvalue weighted by Crippen LogP contribution is 2.42. The molecule has 0 bridgehead atoms. The van der Waals surface area contributed by atoms with Crippen LogP contribution in [0.4, 0.5) is 10.9 Å². The van der Waals surface area contributed by atoms with Crippen LogP contribution in [0.15, 0.2) is 155 Å². The summed E-state index contributed by atoms with van der Waals surface area (Å²) < 4.78 is 14.7. The molecule has 9 rings (SSSR count). The summed E-state index contributed by atoms with van der Waals surface area (Å²) in [4.78, 5) is 54.1. The first-order chi connectivity index (χ1) is 31.7. The van der Waals surface area contributed by atoms with Crippen LogP contribution in [0.25, 0.3) is 5.65 Å². The van der Waals surface area contributed by atoms with Gasteiger partial charge in [-0.15, -0.1) is 23.1 Å². The number of anilines is 2. The number of nitrogens with two attached hydrogens (primary N) is 1. The van der Waals surface area contributed by atoms with Gasteiger partial charge in [0.15, 0.2) is 10.8 Å². The van der Waals surface area contributed by atoms with E-state index in [1.165, 1.54) is 35.1 Å². The van der Waals surface area contributed by atoms with Crippen LogP contribution in [0, 0.1) is 6.92 Å². The van der Waals surface area contributed by atoms with Gasteiger partial charge in [0.25, 0.3) is 11.8 Å². The number of aryl methyl sites for hydroxylation is 1. The minimum Gasteiger partial charge on any atom is -1.00 e. The summed E-state index contributed by atoms with van der Waals surface area (Å²) >= 11 is 2.73. The summed E-state index contributed by atoms with van der Waals surface area (Å²) in [6.07, 6.45) is 1.82. The molecular weight excluding hydrogens is 990 g/mol. The SMILES string of the molecule is CON=C(C(=O)N[C@@H]1C(=O)N2C(C(=O)OCc3ccc(OC)cc3)=C(C[n+]3ccc(N)n4nc(C)cc43)CS[C@@H]12)c1csc(NC(c2ccccc2)(c2ccccc2)c2ccccc2)n1.[I-]. The van der Waals surface area contributed by atoms with E-state index >= 15 is 0 Å². The number of hydrogen-bond donors (Lipinski definition) is 3. The van der Waals surface area contributed by atoms with Crippen LogP contribution in [-0.2, 0) is 42.6 Å². The zero-order valence-electron chi connectivity index (χ0n) is 36.0. The van der Waals surface area contributed by atoms with E-state index in [2.05, 4.69) is 57.3 Å². The maximum Gasteiger partial charge on any atom is 0.355 e. The molecule has 7 aromatic rings. The number of amides is 2. The number of thioether (sulfide) groups is 1. The normalized spacial score (nSPS) is 15.9. The molecule has 3 aromatic heterocycles. The van der Waals surface area contributed by atoms with E-state index in [-0.39, 0.29) is 54.2 Å². The van der Waals surface area contributed by atoms with Crippen LogP contribution >= 0.6 is 23.1 Å². The number of nitrogens with zero attached hydrogens (tertiary/aromatic N) is 6. The Bertz CT molecular complexity index is 2850. The van der Waals surface area contributed by atoms with Gasteiger partial charge in [0.1, 0.15) is 54.4 Å². The molecule has 18 heteroatoms. The largest absolute Gasteiger partial charge is 1.00 e. The average molecular weight is 1030 g/mol. The maximum absolute atomic E-state index is 14.2. The Morgan fingerprint density at radius 3 is 2.17 bits per heavy atom. The van der Waals surface area contributed by atoms with E-state index in [4.69, 9.17) is 25.0 Å². The number of carbonyl (C=O) groups is 3. The van der Waals surface area contributed by atoms with Crippen molar-refractivity contribution in [3.8, 4) is 5.75 Å². The number of β-lactam (4-membered cyclic amide) rings is 1. The van der Waals surface area contributed by atoms with Crippen molar-refractivity contribution in [1.29, 1.82) is 0 Å². The Labute approximate surface area is 405 Å². The molecule has 4 N–H and O–H groups in total. The topological polar surface area (TPSA) is 179 Å². The van der Waals surface area contributed by atoms with Gasteiger partial charge in [-0.05, 0) is 41.3 Å². The predicted octanol–water partition coefficient (Wildman–Crippen LogP) is 2.83. The van der Waals surface area contributed by atoms with Gasteiger partial charge in [0.05, 0.1) is 25.1 Å². The predicted molar refractivity (Wildman–Crippen MR) is 248 cm³/mol. The number of rotatable bonds is 15. The van der Waals surface area contributed by atoms with Crippen molar-refractivity contribution < 1.29 is 57.2 Å². The van der Waals surface area contributed by atoms with E-state index in [9.17, 15) is 14.4 Å². The number of esters is 1. The van der Waals surface area contributed by atoms with Crippen LogP contribution in [-0.4, -0.2) is 74.4 Å². The number of hydrogen-bond acceptors (Lipinski definition) is 13. The van der Waals surface area contributed by atoms with E-state index < -0.39 is 34.7 Å². The monoisotopic (exact) mass is 1030 g/mol. The summed E-state index contributed by atoms with van der Waals surface area (Å²) in [5, 5.41) is 16.8. The molecule has 0 radical (unpaired) electrons. The average Bonchev–Trinajstić information content (AvgIpc) is 3.99. The lowest BCUT2D eigenvalue weighted by Crippen LogP contribution is -3.00. The standard InChI is InChI=1S/C48H43N9O6S2.HI/c1-30-25-39-55(24-23-38(49)57(39)53-30)26-32-28-64-45-41(44(59)56(45)42(32)46(60)63-27-31-19-21-36(61-2)22-20-31)51-43(58)40(54-62-3)37-29-65-47(50-37)52-48(33-13-7-4-8-14-33,34-15-9-5-10-16-34)35-17-11-6-12-18-35;/h4-25,29,41,45,49H,26-28H2,1-3H3,(H2,50,51,52,58);1H/t41-,45+;/m1./s1. The van der Waals surface area contributed by atoms with Crippen molar-refractivity contribution in [2.24, 2.45) is 5.16 Å². The molecule has 0 unspecified atom stereocenters. The number of thiazole rings is 1. The zero-order valence-corrected chi connectivity index (χ0v) is 39.8. The fourth-order valence-corrected chi connectivity index (χ4v) is 10.2. The highest BCUT2D eigenvalue weighted by Gasteiger charge is 2.55. The minimum absolute atomic E-state index is 0. The Kier molecular flexibility index (Phi) is 13.7. The molecule has 2 atom stereocenters. The number of nitrogen functional groups attached to an aromatic ring is 1. The molecule has 0 saturated carbocycles. The van der Waals surface area contributed by atoms with Gasteiger partial charge in [-0.2, -0.15) is 0 Å². The summed E-state index contributed by atoms with van der Waals surface area (Å²) in [6.45, 7) is 2.08. The van der Waals surface area contributed by atoms with Crippen molar-refractivity contribution >= 4 is 63.2 Å². The van der Waals surface area contributed by atoms with Gasteiger partial charge in [-0.3, -0.25) is 14.5 Å². The molecule has 0 spiro atoms. The lowest BCUT2D eigenvalue weighted by atomic mass is 9.77. The molecule has 2 amide bonds. The lowest BCUT2D eigenvalue weighted by Gasteiger charge is -2.49. The Morgan fingerprint density at radius 1 is 0.924 bits per heavy atom. The summed E-state index contributed by atoms with van der Waals surface area (Å²) in [5.74, 6) is -0.340.